The normalized spacial score (nSPS) is 13.0. The third kappa shape index (κ3) is 2.37. The highest BCUT2D eigenvalue weighted by molar-refractivity contribution is 6.75. The number of para-hydroxylation sites is 1. The van der Waals surface area contributed by atoms with Gasteiger partial charge in [0.2, 0.25) is 0 Å². The van der Waals surface area contributed by atoms with Crippen molar-refractivity contribution in [3.05, 3.63) is 83.4 Å². The van der Waals surface area contributed by atoms with Gasteiger partial charge >= 0.3 is 7.05 Å². The Hall–Kier alpha value is -2.68. The fourth-order valence-electron chi connectivity index (χ4n) is 3.48. The van der Waals surface area contributed by atoms with E-state index in [2.05, 4.69) is 86.2 Å². The Balaban J connectivity index is 1.91. The lowest BCUT2D eigenvalue weighted by Crippen LogP contribution is -2.49. The number of hydrogen-bond acceptors (Lipinski definition) is 2. The van der Waals surface area contributed by atoms with E-state index in [0.29, 0.717) is 0 Å². The number of hydrogen-bond donors (Lipinski definition) is 0. The summed E-state index contributed by atoms with van der Waals surface area (Å²) in [5.74, 6) is 0.942. The molecule has 1 heterocycles. The van der Waals surface area contributed by atoms with Crippen molar-refractivity contribution in [3.8, 4) is 5.75 Å². The molecule has 0 aliphatic carbocycles. The van der Waals surface area contributed by atoms with Gasteiger partial charge in [-0.2, -0.15) is 0 Å². The Labute approximate surface area is 143 Å². The van der Waals surface area contributed by atoms with Gasteiger partial charge in [0, 0.05) is 5.69 Å². The van der Waals surface area contributed by atoms with Crippen molar-refractivity contribution in [1.29, 1.82) is 0 Å². The van der Waals surface area contributed by atoms with Crippen molar-refractivity contribution in [2.24, 2.45) is 0 Å². The second-order valence-electron chi connectivity index (χ2n) is 6.45. The molecule has 0 amide bonds. The molecule has 24 heavy (non-hydrogen) atoms. The van der Waals surface area contributed by atoms with E-state index in [4.69, 9.17) is 4.65 Å². The maximum Gasteiger partial charge on any atom is 0.524 e. The van der Waals surface area contributed by atoms with Crippen molar-refractivity contribution in [2.75, 3.05) is 4.81 Å². The molecule has 0 aromatic heterocycles. The van der Waals surface area contributed by atoms with Gasteiger partial charge in [0.05, 0.1) is 5.69 Å². The van der Waals surface area contributed by atoms with E-state index in [9.17, 15) is 0 Å². The molecular weight excluding hydrogens is 293 g/mol. The van der Waals surface area contributed by atoms with E-state index < -0.39 is 0 Å². The van der Waals surface area contributed by atoms with Crippen LogP contribution >= 0.6 is 0 Å². The first-order valence-corrected chi connectivity index (χ1v) is 8.33. The van der Waals surface area contributed by atoms with E-state index >= 15 is 0 Å². The first-order chi connectivity index (χ1) is 11.6. The smallest absolute Gasteiger partial charge is 0.524 e. The van der Waals surface area contributed by atoms with Gasteiger partial charge in [-0.15, -0.1) is 0 Å². The maximum atomic E-state index is 6.40. The molecule has 0 atom stereocenters. The third-order valence-corrected chi connectivity index (χ3v) is 4.67. The summed E-state index contributed by atoms with van der Waals surface area (Å²) in [6.45, 7) is 6.43. The zero-order chi connectivity index (χ0) is 16.7. The van der Waals surface area contributed by atoms with Crippen LogP contribution in [0.15, 0.2) is 66.7 Å². The molecule has 0 fully saturated rings. The highest BCUT2D eigenvalue weighted by Crippen LogP contribution is 2.41. The SMILES string of the molecule is Cc1ccc2c(c1)N(c1ccccc1)B(c1c(C)cccc1C)O2. The summed E-state index contributed by atoms with van der Waals surface area (Å²) in [7, 11) is -0.134. The molecule has 1 aliphatic heterocycles. The molecule has 0 radical (unpaired) electrons. The summed E-state index contributed by atoms with van der Waals surface area (Å²) in [4.78, 5) is 2.30. The lowest BCUT2D eigenvalue weighted by molar-refractivity contribution is 0.603. The predicted octanol–water partition coefficient (Wildman–Crippen LogP) is 4.54. The molecule has 0 spiro atoms. The fourth-order valence-corrected chi connectivity index (χ4v) is 3.48. The van der Waals surface area contributed by atoms with Crippen LogP contribution in [0.4, 0.5) is 11.4 Å². The lowest BCUT2D eigenvalue weighted by atomic mass is 9.67. The van der Waals surface area contributed by atoms with Gasteiger partial charge in [0.1, 0.15) is 5.75 Å². The molecule has 0 saturated carbocycles. The minimum Gasteiger partial charge on any atom is -0.536 e. The Morgan fingerprint density at radius 3 is 2.21 bits per heavy atom. The second kappa shape index (κ2) is 5.75. The lowest BCUT2D eigenvalue weighted by Gasteiger charge is -2.24. The number of benzene rings is 3. The molecule has 3 aromatic carbocycles. The number of nitrogens with zero attached hydrogens (tertiary/aromatic N) is 1. The van der Waals surface area contributed by atoms with Crippen LogP contribution in [-0.2, 0) is 0 Å². The molecule has 0 bridgehead atoms. The van der Waals surface area contributed by atoms with Crippen LogP contribution in [0.3, 0.4) is 0 Å². The summed E-state index contributed by atoms with van der Waals surface area (Å²) in [5, 5.41) is 0. The van der Waals surface area contributed by atoms with E-state index in [0.717, 1.165) is 17.1 Å². The number of aryl methyl sites for hydroxylation is 3. The molecule has 118 valence electrons. The monoisotopic (exact) mass is 313 g/mol. The average molecular weight is 313 g/mol. The molecule has 3 heteroatoms. The molecule has 2 nitrogen and oxygen atoms in total. The Morgan fingerprint density at radius 2 is 1.50 bits per heavy atom. The highest BCUT2D eigenvalue weighted by Gasteiger charge is 2.41. The molecule has 4 rings (SSSR count). The second-order valence-corrected chi connectivity index (χ2v) is 6.45. The third-order valence-electron chi connectivity index (χ3n) is 4.67. The van der Waals surface area contributed by atoms with Crippen molar-refractivity contribution < 1.29 is 4.65 Å². The summed E-state index contributed by atoms with van der Waals surface area (Å²) in [6, 6.07) is 23.3. The average Bonchev–Trinajstić information content (AvgIpc) is 2.93. The van der Waals surface area contributed by atoms with Crippen LogP contribution in [0.2, 0.25) is 0 Å². The molecule has 0 N–H and O–H groups in total. The van der Waals surface area contributed by atoms with Crippen LogP contribution in [-0.4, -0.2) is 7.05 Å². The zero-order valence-corrected chi connectivity index (χ0v) is 14.3. The minimum atomic E-state index is -0.134. The number of rotatable bonds is 2. The van der Waals surface area contributed by atoms with Gasteiger partial charge in [-0.25, -0.2) is 0 Å². The van der Waals surface area contributed by atoms with Crippen LogP contribution in [0.5, 0.6) is 5.75 Å². The summed E-state index contributed by atoms with van der Waals surface area (Å²) in [5.41, 5.74) is 7.27. The van der Waals surface area contributed by atoms with Gasteiger partial charge < -0.3 is 9.47 Å². The Bertz CT molecular complexity index is 871. The van der Waals surface area contributed by atoms with Crippen LogP contribution in [0.1, 0.15) is 16.7 Å². The van der Waals surface area contributed by atoms with Crippen molar-refractivity contribution >= 4 is 23.9 Å². The van der Waals surface area contributed by atoms with Crippen LogP contribution in [0, 0.1) is 20.8 Å². The summed E-state index contributed by atoms with van der Waals surface area (Å²) >= 11 is 0. The predicted molar refractivity (Wildman–Crippen MR) is 102 cm³/mol. The van der Waals surface area contributed by atoms with Gasteiger partial charge in [-0.1, -0.05) is 53.6 Å². The Kier molecular flexibility index (Phi) is 3.57. The van der Waals surface area contributed by atoms with E-state index in [-0.39, 0.29) is 7.05 Å². The molecular formula is C21H20BNO. The minimum absolute atomic E-state index is 0.134. The van der Waals surface area contributed by atoms with Gasteiger partial charge in [-0.3, -0.25) is 0 Å². The fraction of sp³-hybridized carbons (Fsp3) is 0.143. The molecule has 0 saturated heterocycles. The Morgan fingerprint density at radius 1 is 0.792 bits per heavy atom. The standard InChI is InChI=1S/C21H20BNO/c1-15-12-13-20-19(14-15)23(18-10-5-4-6-11-18)22(24-20)21-16(2)8-7-9-17(21)3/h4-14H,1-3H3. The molecule has 3 aromatic rings. The maximum absolute atomic E-state index is 6.40. The quantitative estimate of drug-likeness (QED) is 0.644. The zero-order valence-electron chi connectivity index (χ0n) is 14.3. The highest BCUT2D eigenvalue weighted by atomic mass is 16.5. The summed E-state index contributed by atoms with van der Waals surface area (Å²) in [6.07, 6.45) is 0. The van der Waals surface area contributed by atoms with Gasteiger partial charge in [-0.05, 0) is 56.1 Å². The van der Waals surface area contributed by atoms with Crippen LogP contribution < -0.4 is 14.9 Å². The first-order valence-electron chi connectivity index (χ1n) is 8.33. The first kappa shape index (κ1) is 14.9. The topological polar surface area (TPSA) is 12.5 Å². The molecule has 0 unspecified atom stereocenters. The van der Waals surface area contributed by atoms with E-state index in [1.807, 2.05) is 6.07 Å². The van der Waals surface area contributed by atoms with E-state index in [1.165, 1.54) is 22.2 Å². The largest absolute Gasteiger partial charge is 0.536 e. The van der Waals surface area contributed by atoms with E-state index in [1.54, 1.807) is 0 Å². The van der Waals surface area contributed by atoms with Crippen LogP contribution in [0.25, 0.3) is 0 Å². The van der Waals surface area contributed by atoms with Crippen molar-refractivity contribution in [1.82, 2.24) is 0 Å². The van der Waals surface area contributed by atoms with Gasteiger partial charge in [0.25, 0.3) is 0 Å². The number of fused-ring (bicyclic) bond motifs is 1. The molecule has 1 aliphatic rings. The number of anilines is 2. The van der Waals surface area contributed by atoms with Gasteiger partial charge in [0.15, 0.2) is 0 Å². The van der Waals surface area contributed by atoms with Crippen molar-refractivity contribution in [2.45, 2.75) is 20.8 Å². The summed E-state index contributed by atoms with van der Waals surface area (Å²) < 4.78 is 6.40. The van der Waals surface area contributed by atoms with Crippen molar-refractivity contribution in [3.63, 3.8) is 0 Å².